The molecule has 0 heterocycles. The second kappa shape index (κ2) is 6.34. The fourth-order valence-corrected chi connectivity index (χ4v) is 2.39. The molecule has 4 nitrogen and oxygen atoms in total. The summed E-state index contributed by atoms with van der Waals surface area (Å²) in [5.41, 5.74) is -0.472. The molecule has 0 saturated heterocycles. The molecular weight excluding hydrogens is 285 g/mol. The van der Waals surface area contributed by atoms with Crippen molar-refractivity contribution in [2.75, 3.05) is 5.32 Å². The van der Waals surface area contributed by atoms with Crippen LogP contribution in [-0.2, 0) is 6.18 Å². The molecule has 21 heavy (non-hydrogen) atoms. The van der Waals surface area contributed by atoms with Gasteiger partial charge in [-0.3, -0.25) is 0 Å². The Hall–Kier alpha value is -1.76. The molecule has 1 aliphatic carbocycles. The molecular formula is C14H17F3N2O2. The predicted octanol–water partition coefficient (Wildman–Crippen LogP) is 3.13. The largest absolute Gasteiger partial charge is 0.416 e. The van der Waals surface area contributed by atoms with Crippen LogP contribution in [0.5, 0.6) is 0 Å². The van der Waals surface area contributed by atoms with Crippen molar-refractivity contribution >= 4 is 11.7 Å². The number of anilines is 1. The number of urea groups is 1. The summed E-state index contributed by atoms with van der Waals surface area (Å²) in [6, 6.07) is 3.66. The number of aliphatic hydroxyl groups is 1. The molecule has 116 valence electrons. The quantitative estimate of drug-likeness (QED) is 0.786. The van der Waals surface area contributed by atoms with Gasteiger partial charge in [0.05, 0.1) is 11.7 Å². The van der Waals surface area contributed by atoms with Gasteiger partial charge >= 0.3 is 12.2 Å². The van der Waals surface area contributed by atoms with Crippen LogP contribution in [0.2, 0.25) is 0 Å². The molecule has 1 saturated carbocycles. The molecule has 2 rings (SSSR count). The lowest BCUT2D eigenvalue weighted by Crippen LogP contribution is -2.41. The third kappa shape index (κ3) is 4.63. The van der Waals surface area contributed by atoms with Crippen molar-refractivity contribution in [2.45, 2.75) is 44.0 Å². The summed E-state index contributed by atoms with van der Waals surface area (Å²) in [5.74, 6) is 0. The maximum atomic E-state index is 12.4. The van der Waals surface area contributed by atoms with Crippen LogP contribution in [0.15, 0.2) is 24.3 Å². The number of hydrogen-bond donors (Lipinski definition) is 3. The number of carbonyl (C=O) groups excluding carboxylic acids is 1. The van der Waals surface area contributed by atoms with Crippen LogP contribution in [0, 0.1) is 0 Å². The summed E-state index contributed by atoms with van der Waals surface area (Å²) in [6.45, 7) is 0. The normalized spacial score (nSPS) is 22.7. The van der Waals surface area contributed by atoms with Crippen molar-refractivity contribution in [1.29, 1.82) is 0 Å². The molecule has 0 spiro atoms. The number of amides is 2. The van der Waals surface area contributed by atoms with Gasteiger partial charge in [0.15, 0.2) is 0 Å². The van der Waals surface area contributed by atoms with E-state index < -0.39 is 23.9 Å². The Morgan fingerprint density at radius 2 is 1.86 bits per heavy atom. The zero-order chi connectivity index (χ0) is 15.5. The van der Waals surface area contributed by atoms with Gasteiger partial charge in [0.2, 0.25) is 0 Å². The first-order valence-corrected chi connectivity index (χ1v) is 6.77. The van der Waals surface area contributed by atoms with E-state index in [4.69, 9.17) is 0 Å². The van der Waals surface area contributed by atoms with Crippen LogP contribution < -0.4 is 10.6 Å². The maximum Gasteiger partial charge on any atom is 0.416 e. The fraction of sp³-hybridized carbons (Fsp3) is 0.500. The van der Waals surface area contributed by atoms with E-state index in [1.807, 2.05) is 0 Å². The van der Waals surface area contributed by atoms with Crippen LogP contribution in [0.1, 0.15) is 31.2 Å². The summed E-state index contributed by atoms with van der Waals surface area (Å²) in [6.07, 6.45) is -1.93. The average Bonchev–Trinajstić information content (AvgIpc) is 2.38. The monoisotopic (exact) mass is 302 g/mol. The Labute approximate surface area is 120 Å². The zero-order valence-corrected chi connectivity index (χ0v) is 11.3. The first-order chi connectivity index (χ1) is 9.84. The van der Waals surface area contributed by atoms with Gasteiger partial charge in [0.25, 0.3) is 0 Å². The number of aliphatic hydroxyl groups excluding tert-OH is 1. The number of hydrogen-bond acceptors (Lipinski definition) is 2. The van der Waals surface area contributed by atoms with Crippen LogP contribution in [-0.4, -0.2) is 23.3 Å². The lowest BCUT2D eigenvalue weighted by atomic mass is 9.93. The van der Waals surface area contributed by atoms with E-state index in [0.717, 1.165) is 31.4 Å². The number of nitrogens with one attached hydrogen (secondary N) is 2. The molecule has 0 aromatic heterocycles. The fourth-order valence-electron chi connectivity index (χ4n) is 2.39. The van der Waals surface area contributed by atoms with Crippen molar-refractivity contribution in [2.24, 2.45) is 0 Å². The molecule has 0 radical (unpaired) electrons. The Bertz CT molecular complexity index is 488. The van der Waals surface area contributed by atoms with Crippen molar-refractivity contribution in [3.05, 3.63) is 29.8 Å². The number of alkyl halides is 3. The molecule has 0 aliphatic heterocycles. The van der Waals surface area contributed by atoms with Gasteiger partial charge in [-0.2, -0.15) is 13.2 Å². The molecule has 7 heteroatoms. The summed E-state index contributed by atoms with van der Waals surface area (Å²) in [5, 5.41) is 14.7. The van der Waals surface area contributed by atoms with Crippen molar-refractivity contribution in [3.8, 4) is 0 Å². The number of carbonyl (C=O) groups is 1. The molecule has 2 atom stereocenters. The molecule has 1 fully saturated rings. The highest BCUT2D eigenvalue weighted by atomic mass is 19.4. The van der Waals surface area contributed by atoms with E-state index in [-0.39, 0.29) is 11.7 Å². The highest BCUT2D eigenvalue weighted by molar-refractivity contribution is 5.89. The van der Waals surface area contributed by atoms with Gasteiger partial charge in [0, 0.05) is 11.7 Å². The lowest BCUT2D eigenvalue weighted by molar-refractivity contribution is -0.137. The summed E-state index contributed by atoms with van der Waals surface area (Å²) >= 11 is 0. The van der Waals surface area contributed by atoms with Crippen LogP contribution in [0.3, 0.4) is 0 Å². The molecule has 1 aromatic rings. The Morgan fingerprint density at radius 1 is 1.19 bits per heavy atom. The first-order valence-electron chi connectivity index (χ1n) is 6.77. The van der Waals surface area contributed by atoms with Gasteiger partial charge in [-0.1, -0.05) is 0 Å². The summed E-state index contributed by atoms with van der Waals surface area (Å²) in [4.78, 5) is 11.7. The number of rotatable bonds is 2. The van der Waals surface area contributed by atoms with E-state index in [2.05, 4.69) is 10.6 Å². The van der Waals surface area contributed by atoms with Crippen molar-refractivity contribution in [3.63, 3.8) is 0 Å². The minimum atomic E-state index is -4.39. The minimum absolute atomic E-state index is 0.108. The lowest BCUT2D eigenvalue weighted by Gasteiger charge is -2.26. The van der Waals surface area contributed by atoms with Crippen LogP contribution in [0.4, 0.5) is 23.7 Å². The molecule has 1 aromatic carbocycles. The third-order valence-electron chi connectivity index (χ3n) is 3.45. The highest BCUT2D eigenvalue weighted by Gasteiger charge is 2.30. The van der Waals surface area contributed by atoms with Crippen LogP contribution in [0.25, 0.3) is 0 Å². The molecule has 2 amide bonds. The molecule has 0 unspecified atom stereocenters. The van der Waals surface area contributed by atoms with E-state index in [1.165, 1.54) is 12.1 Å². The molecule has 0 bridgehead atoms. The standard InChI is InChI=1S/C14H17F3N2O2/c15-14(16,17)9-4-6-10(7-5-9)18-13(21)19-11-2-1-3-12(20)8-11/h4-7,11-12,20H,1-3,8H2,(H2,18,19,21)/t11-,12+/m1/s1. The van der Waals surface area contributed by atoms with Gasteiger partial charge in [-0.25, -0.2) is 4.79 Å². The van der Waals surface area contributed by atoms with Crippen molar-refractivity contribution < 1.29 is 23.1 Å². The third-order valence-corrected chi connectivity index (χ3v) is 3.45. The van der Waals surface area contributed by atoms with Gasteiger partial charge in [-0.05, 0) is 49.9 Å². The van der Waals surface area contributed by atoms with Crippen molar-refractivity contribution in [1.82, 2.24) is 5.32 Å². The number of halogens is 3. The Morgan fingerprint density at radius 3 is 2.43 bits per heavy atom. The van der Waals surface area contributed by atoms with E-state index in [0.29, 0.717) is 6.42 Å². The Balaban J connectivity index is 1.87. The van der Waals surface area contributed by atoms with Crippen LogP contribution >= 0.6 is 0 Å². The summed E-state index contributed by atoms with van der Waals surface area (Å²) < 4.78 is 37.2. The van der Waals surface area contributed by atoms with Gasteiger partial charge < -0.3 is 15.7 Å². The second-order valence-corrected chi connectivity index (χ2v) is 5.19. The number of benzene rings is 1. The average molecular weight is 302 g/mol. The smallest absolute Gasteiger partial charge is 0.393 e. The summed E-state index contributed by atoms with van der Waals surface area (Å²) in [7, 11) is 0. The predicted molar refractivity (Wildman–Crippen MR) is 71.9 cm³/mol. The van der Waals surface area contributed by atoms with Gasteiger partial charge in [0.1, 0.15) is 0 Å². The molecule has 1 aliphatic rings. The zero-order valence-electron chi connectivity index (χ0n) is 11.3. The minimum Gasteiger partial charge on any atom is -0.393 e. The Kier molecular flexibility index (Phi) is 4.72. The van der Waals surface area contributed by atoms with E-state index in [9.17, 15) is 23.1 Å². The van der Waals surface area contributed by atoms with Gasteiger partial charge in [-0.15, -0.1) is 0 Å². The second-order valence-electron chi connectivity index (χ2n) is 5.19. The highest BCUT2D eigenvalue weighted by Crippen LogP contribution is 2.29. The molecule has 3 N–H and O–H groups in total. The SMILES string of the molecule is O=C(Nc1ccc(C(F)(F)F)cc1)N[C@@H]1CCC[C@H](O)C1. The maximum absolute atomic E-state index is 12.4. The van der Waals surface area contributed by atoms with E-state index >= 15 is 0 Å². The van der Waals surface area contributed by atoms with E-state index in [1.54, 1.807) is 0 Å². The topological polar surface area (TPSA) is 61.4 Å². The first kappa shape index (κ1) is 15.6.